The molecule has 2 N–H and O–H groups in total. The first-order valence-corrected chi connectivity index (χ1v) is 5.87. The Morgan fingerprint density at radius 3 is 3.00 bits per heavy atom. The molecule has 1 aromatic rings. The molecular formula is C13H20N4O. The third kappa shape index (κ3) is 4.97. The highest BCUT2D eigenvalue weighted by atomic mass is 16.1. The Morgan fingerprint density at radius 2 is 2.33 bits per heavy atom. The monoisotopic (exact) mass is 248 g/mol. The van der Waals surface area contributed by atoms with Gasteiger partial charge in [-0.1, -0.05) is 6.08 Å². The van der Waals surface area contributed by atoms with Crippen LogP contribution in [0.5, 0.6) is 0 Å². The van der Waals surface area contributed by atoms with E-state index in [0.717, 1.165) is 13.1 Å². The van der Waals surface area contributed by atoms with Gasteiger partial charge in [-0.3, -0.25) is 4.79 Å². The van der Waals surface area contributed by atoms with Crippen molar-refractivity contribution in [1.29, 1.82) is 0 Å². The Kier molecular flexibility index (Phi) is 5.87. The minimum absolute atomic E-state index is 0.118. The fourth-order valence-corrected chi connectivity index (χ4v) is 1.34. The Balaban J connectivity index is 2.55. The summed E-state index contributed by atoms with van der Waals surface area (Å²) in [6.45, 7) is 5.72. The van der Waals surface area contributed by atoms with E-state index in [2.05, 4.69) is 27.1 Å². The second-order valence-corrected chi connectivity index (χ2v) is 4.16. The van der Waals surface area contributed by atoms with E-state index in [4.69, 9.17) is 0 Å². The van der Waals surface area contributed by atoms with E-state index in [1.165, 1.54) is 0 Å². The molecule has 0 spiro atoms. The predicted molar refractivity (Wildman–Crippen MR) is 73.8 cm³/mol. The molecule has 18 heavy (non-hydrogen) atoms. The molecule has 98 valence electrons. The summed E-state index contributed by atoms with van der Waals surface area (Å²) in [7, 11) is 4.02. The second-order valence-electron chi connectivity index (χ2n) is 4.16. The van der Waals surface area contributed by atoms with Crippen LogP contribution in [0.1, 0.15) is 10.4 Å². The summed E-state index contributed by atoms with van der Waals surface area (Å²) in [6.07, 6.45) is 3.27. The molecular weight excluding hydrogens is 228 g/mol. The minimum Gasteiger partial charge on any atom is -0.369 e. The molecule has 0 fully saturated rings. The topological polar surface area (TPSA) is 57.3 Å². The third-order valence-corrected chi connectivity index (χ3v) is 2.29. The lowest BCUT2D eigenvalue weighted by Crippen LogP contribution is -2.24. The van der Waals surface area contributed by atoms with Crippen molar-refractivity contribution in [2.24, 2.45) is 0 Å². The third-order valence-electron chi connectivity index (χ3n) is 2.29. The van der Waals surface area contributed by atoms with Gasteiger partial charge in [0.25, 0.3) is 5.91 Å². The van der Waals surface area contributed by atoms with Crippen molar-refractivity contribution >= 4 is 11.7 Å². The van der Waals surface area contributed by atoms with Gasteiger partial charge in [0.05, 0.1) is 0 Å². The first-order valence-electron chi connectivity index (χ1n) is 5.87. The van der Waals surface area contributed by atoms with Crippen LogP contribution in [-0.2, 0) is 0 Å². The van der Waals surface area contributed by atoms with E-state index < -0.39 is 0 Å². The van der Waals surface area contributed by atoms with Crippen molar-refractivity contribution in [3.8, 4) is 0 Å². The number of hydrogen-bond acceptors (Lipinski definition) is 4. The summed E-state index contributed by atoms with van der Waals surface area (Å²) >= 11 is 0. The van der Waals surface area contributed by atoms with Gasteiger partial charge in [0.2, 0.25) is 0 Å². The van der Waals surface area contributed by atoms with Crippen LogP contribution < -0.4 is 10.6 Å². The molecule has 0 unspecified atom stereocenters. The average Bonchev–Trinajstić information content (AvgIpc) is 2.36. The largest absolute Gasteiger partial charge is 0.369 e. The molecule has 0 aromatic carbocycles. The first kappa shape index (κ1) is 14.2. The lowest BCUT2D eigenvalue weighted by molar-refractivity contribution is 0.0958. The Labute approximate surface area is 108 Å². The lowest BCUT2D eigenvalue weighted by Gasteiger charge is -2.11. The van der Waals surface area contributed by atoms with Crippen molar-refractivity contribution < 1.29 is 4.79 Å². The number of amides is 1. The summed E-state index contributed by atoms with van der Waals surface area (Å²) in [5, 5.41) is 5.90. The highest BCUT2D eigenvalue weighted by Crippen LogP contribution is 2.06. The number of carbonyl (C=O) groups excluding carboxylic acids is 1. The molecule has 5 nitrogen and oxygen atoms in total. The second kappa shape index (κ2) is 7.45. The van der Waals surface area contributed by atoms with Gasteiger partial charge in [0.15, 0.2) is 0 Å². The fourth-order valence-electron chi connectivity index (χ4n) is 1.34. The van der Waals surface area contributed by atoms with Gasteiger partial charge in [-0.05, 0) is 26.2 Å². The highest BCUT2D eigenvalue weighted by Gasteiger charge is 2.05. The molecule has 1 rings (SSSR count). The Hall–Kier alpha value is -1.88. The molecule has 1 aromatic heterocycles. The molecule has 0 atom stereocenters. The molecule has 1 amide bonds. The van der Waals surface area contributed by atoms with Crippen LogP contribution in [-0.4, -0.2) is 49.5 Å². The SMILES string of the molecule is C=CCNC(=O)c1ccnc(NCCN(C)C)c1. The predicted octanol–water partition coefficient (Wildman–Crippen LogP) is 0.971. The zero-order valence-electron chi connectivity index (χ0n) is 10.9. The summed E-state index contributed by atoms with van der Waals surface area (Å²) in [5.41, 5.74) is 0.596. The van der Waals surface area contributed by atoms with Crippen molar-refractivity contribution in [1.82, 2.24) is 15.2 Å². The first-order chi connectivity index (χ1) is 8.63. The zero-order chi connectivity index (χ0) is 13.4. The molecule has 0 bridgehead atoms. The zero-order valence-corrected chi connectivity index (χ0v) is 10.9. The lowest BCUT2D eigenvalue weighted by atomic mass is 10.2. The fraction of sp³-hybridized carbons (Fsp3) is 0.385. The van der Waals surface area contributed by atoms with E-state index in [9.17, 15) is 4.79 Å². The Bertz CT molecular complexity index is 404. The van der Waals surface area contributed by atoms with Gasteiger partial charge < -0.3 is 15.5 Å². The van der Waals surface area contributed by atoms with E-state index >= 15 is 0 Å². The molecule has 0 aliphatic heterocycles. The number of likely N-dealkylation sites (N-methyl/N-ethyl adjacent to an activating group) is 1. The number of pyridine rings is 1. The van der Waals surface area contributed by atoms with Crippen molar-refractivity contribution in [3.05, 3.63) is 36.5 Å². The van der Waals surface area contributed by atoms with Crippen LogP contribution in [0.3, 0.4) is 0 Å². The molecule has 1 heterocycles. The van der Waals surface area contributed by atoms with E-state index in [0.29, 0.717) is 17.9 Å². The summed E-state index contributed by atoms with van der Waals surface area (Å²) in [4.78, 5) is 18.0. The van der Waals surface area contributed by atoms with E-state index in [1.807, 2.05) is 14.1 Å². The molecule has 5 heteroatoms. The maximum Gasteiger partial charge on any atom is 0.251 e. The van der Waals surface area contributed by atoms with Crippen LogP contribution in [0.2, 0.25) is 0 Å². The van der Waals surface area contributed by atoms with Crippen LogP contribution in [0, 0.1) is 0 Å². The van der Waals surface area contributed by atoms with Gasteiger partial charge in [-0.2, -0.15) is 0 Å². The highest BCUT2D eigenvalue weighted by molar-refractivity contribution is 5.94. The van der Waals surface area contributed by atoms with Gasteiger partial charge in [0, 0.05) is 31.4 Å². The minimum atomic E-state index is -0.118. The number of rotatable bonds is 7. The van der Waals surface area contributed by atoms with Crippen LogP contribution >= 0.6 is 0 Å². The van der Waals surface area contributed by atoms with Crippen LogP contribution in [0.15, 0.2) is 31.0 Å². The molecule has 0 aliphatic carbocycles. The molecule has 0 saturated heterocycles. The smallest absolute Gasteiger partial charge is 0.251 e. The van der Waals surface area contributed by atoms with Gasteiger partial charge in [-0.25, -0.2) is 4.98 Å². The quantitative estimate of drug-likeness (QED) is 0.706. The van der Waals surface area contributed by atoms with Gasteiger partial charge in [-0.15, -0.1) is 6.58 Å². The van der Waals surface area contributed by atoms with E-state index in [-0.39, 0.29) is 5.91 Å². The normalized spacial score (nSPS) is 10.2. The van der Waals surface area contributed by atoms with Crippen molar-refractivity contribution in [3.63, 3.8) is 0 Å². The summed E-state index contributed by atoms with van der Waals surface area (Å²) in [5.74, 6) is 0.594. The van der Waals surface area contributed by atoms with Gasteiger partial charge >= 0.3 is 0 Å². The number of aromatic nitrogens is 1. The standard InChI is InChI=1S/C13H20N4O/c1-4-6-16-13(18)11-5-7-14-12(10-11)15-8-9-17(2)3/h4-5,7,10H,1,6,8-9H2,2-3H3,(H,14,15)(H,16,18). The maximum atomic E-state index is 11.7. The van der Waals surface area contributed by atoms with E-state index in [1.54, 1.807) is 24.4 Å². The van der Waals surface area contributed by atoms with Crippen molar-refractivity contribution in [2.45, 2.75) is 0 Å². The molecule has 0 aliphatic rings. The number of hydrogen-bond donors (Lipinski definition) is 2. The van der Waals surface area contributed by atoms with Crippen LogP contribution in [0.25, 0.3) is 0 Å². The number of anilines is 1. The average molecular weight is 248 g/mol. The van der Waals surface area contributed by atoms with Gasteiger partial charge in [0.1, 0.15) is 5.82 Å². The summed E-state index contributed by atoms with van der Waals surface area (Å²) < 4.78 is 0. The molecule has 0 saturated carbocycles. The Morgan fingerprint density at radius 1 is 1.56 bits per heavy atom. The van der Waals surface area contributed by atoms with Crippen LogP contribution in [0.4, 0.5) is 5.82 Å². The molecule has 0 radical (unpaired) electrons. The number of nitrogens with one attached hydrogen (secondary N) is 2. The number of carbonyl (C=O) groups is 1. The van der Waals surface area contributed by atoms with Crippen molar-refractivity contribution in [2.75, 3.05) is 39.0 Å². The number of nitrogens with zero attached hydrogens (tertiary/aromatic N) is 2. The maximum absolute atomic E-state index is 11.7. The summed E-state index contributed by atoms with van der Waals surface area (Å²) in [6, 6.07) is 3.43.